The summed E-state index contributed by atoms with van der Waals surface area (Å²) in [4.78, 5) is 0.175. The highest BCUT2D eigenvalue weighted by Gasteiger charge is 2.21. The zero-order chi connectivity index (χ0) is 15.5. The monoisotopic (exact) mass is 348 g/mol. The van der Waals surface area contributed by atoms with E-state index in [9.17, 15) is 8.42 Å². The van der Waals surface area contributed by atoms with Crippen molar-refractivity contribution in [1.82, 2.24) is 4.72 Å². The first kappa shape index (κ1) is 16.6. The predicted octanol–water partition coefficient (Wildman–Crippen LogP) is 1.68. The highest BCUT2D eigenvalue weighted by atomic mass is 35.5. The van der Waals surface area contributed by atoms with Crippen LogP contribution in [0.4, 0.5) is 0 Å². The van der Waals surface area contributed by atoms with Crippen molar-refractivity contribution in [1.29, 1.82) is 0 Å². The molecule has 0 bridgehead atoms. The molecule has 116 valence electrons. The van der Waals surface area contributed by atoms with Crippen molar-refractivity contribution in [3.8, 4) is 0 Å². The van der Waals surface area contributed by atoms with E-state index >= 15 is 0 Å². The van der Waals surface area contributed by atoms with E-state index in [0.717, 1.165) is 0 Å². The zero-order valence-corrected chi connectivity index (χ0v) is 13.7. The van der Waals surface area contributed by atoms with Crippen LogP contribution in [-0.4, -0.2) is 33.2 Å². The van der Waals surface area contributed by atoms with Crippen LogP contribution in [-0.2, 0) is 14.8 Å². The van der Waals surface area contributed by atoms with E-state index in [1.165, 1.54) is 31.0 Å². The van der Waals surface area contributed by atoms with Crippen molar-refractivity contribution in [3.63, 3.8) is 0 Å². The second kappa shape index (κ2) is 7.02. The molecule has 2 rings (SSSR count). The first-order valence-corrected chi connectivity index (χ1v) is 8.84. The van der Waals surface area contributed by atoms with Gasteiger partial charge in [-0.25, -0.2) is 13.1 Å². The van der Waals surface area contributed by atoms with E-state index in [4.69, 9.17) is 34.3 Å². The maximum Gasteiger partial charge on any atom is 0.242 e. The second-order valence-corrected chi connectivity index (χ2v) is 7.51. The van der Waals surface area contributed by atoms with Crippen LogP contribution in [0.5, 0.6) is 0 Å². The van der Waals surface area contributed by atoms with Crippen molar-refractivity contribution < 1.29 is 13.2 Å². The molecule has 0 amide bonds. The molecule has 0 unspecified atom stereocenters. The number of nitrogens with one attached hydrogen (secondary N) is 1. The van der Waals surface area contributed by atoms with Crippen LogP contribution in [0.25, 0.3) is 0 Å². The third kappa shape index (κ3) is 4.89. The number of rotatable bonds is 8. The first-order chi connectivity index (χ1) is 9.90. The van der Waals surface area contributed by atoms with Gasteiger partial charge in [-0.3, -0.25) is 0 Å². The fraction of sp³-hybridized carbons (Fsp3) is 0.462. The molecular formula is C13H17ClN2O3S2. The van der Waals surface area contributed by atoms with Crippen LogP contribution in [0.2, 0.25) is 5.02 Å². The molecule has 3 N–H and O–H groups in total. The van der Waals surface area contributed by atoms with Gasteiger partial charge in [-0.15, -0.1) is 0 Å². The van der Waals surface area contributed by atoms with Gasteiger partial charge in [0.25, 0.3) is 0 Å². The fourth-order valence-corrected chi connectivity index (χ4v) is 3.42. The van der Waals surface area contributed by atoms with Crippen molar-refractivity contribution in [2.24, 2.45) is 11.7 Å². The Labute approximate surface area is 134 Å². The molecule has 0 aliphatic heterocycles. The number of thiocarbonyl (C=S) groups is 1. The summed E-state index contributed by atoms with van der Waals surface area (Å²) in [5.41, 5.74) is 6.01. The molecular weight excluding hydrogens is 332 g/mol. The van der Waals surface area contributed by atoms with Crippen molar-refractivity contribution in [2.45, 2.75) is 17.7 Å². The van der Waals surface area contributed by atoms with Crippen LogP contribution in [0.1, 0.15) is 18.4 Å². The standard InChI is InChI=1S/C13H17ClN2O3S2/c14-11-7-10(13(15)20)3-4-12(11)21(17,18)16-5-6-19-8-9-1-2-9/h3-4,7,9,16H,1-2,5-6,8H2,(H2,15,20). The van der Waals surface area contributed by atoms with Gasteiger partial charge in [0.2, 0.25) is 10.0 Å². The van der Waals surface area contributed by atoms with Gasteiger partial charge in [-0.2, -0.15) is 0 Å². The lowest BCUT2D eigenvalue weighted by Crippen LogP contribution is -2.28. The van der Waals surface area contributed by atoms with E-state index in [-0.39, 0.29) is 21.5 Å². The lowest BCUT2D eigenvalue weighted by atomic mass is 10.2. The van der Waals surface area contributed by atoms with E-state index in [2.05, 4.69) is 4.72 Å². The number of hydrogen-bond acceptors (Lipinski definition) is 4. The fourth-order valence-electron chi connectivity index (χ4n) is 1.73. The van der Waals surface area contributed by atoms with E-state index in [0.29, 0.717) is 24.7 Å². The van der Waals surface area contributed by atoms with E-state index < -0.39 is 10.0 Å². The minimum absolute atomic E-state index is 0.00589. The Balaban J connectivity index is 1.92. The van der Waals surface area contributed by atoms with Crippen molar-refractivity contribution in [3.05, 3.63) is 28.8 Å². The smallest absolute Gasteiger partial charge is 0.242 e. The normalized spacial score (nSPS) is 15.1. The maximum absolute atomic E-state index is 12.1. The summed E-state index contributed by atoms with van der Waals surface area (Å²) in [6.45, 7) is 1.26. The second-order valence-electron chi connectivity index (χ2n) is 4.93. The molecule has 0 heterocycles. The van der Waals surface area contributed by atoms with Gasteiger partial charge < -0.3 is 10.5 Å². The van der Waals surface area contributed by atoms with Gasteiger partial charge >= 0.3 is 0 Å². The third-order valence-corrected chi connectivity index (χ3v) is 5.27. The van der Waals surface area contributed by atoms with Gasteiger partial charge in [0.05, 0.1) is 11.6 Å². The van der Waals surface area contributed by atoms with E-state index in [1.54, 1.807) is 0 Å². The van der Waals surface area contributed by atoms with Crippen LogP contribution < -0.4 is 10.5 Å². The minimum Gasteiger partial charge on any atom is -0.389 e. The molecule has 0 radical (unpaired) electrons. The van der Waals surface area contributed by atoms with Gasteiger partial charge in [0, 0.05) is 18.7 Å². The molecule has 0 atom stereocenters. The maximum atomic E-state index is 12.1. The van der Waals surface area contributed by atoms with Gasteiger partial charge in [-0.1, -0.05) is 29.9 Å². The molecule has 1 saturated carbocycles. The Morgan fingerprint density at radius 3 is 2.76 bits per heavy atom. The van der Waals surface area contributed by atoms with Gasteiger partial charge in [-0.05, 0) is 30.9 Å². The quantitative estimate of drug-likeness (QED) is 0.552. The summed E-state index contributed by atoms with van der Waals surface area (Å²) in [6, 6.07) is 4.37. The van der Waals surface area contributed by atoms with Crippen LogP contribution in [0.3, 0.4) is 0 Å². The number of ether oxygens (including phenoxy) is 1. The molecule has 1 aromatic rings. The first-order valence-electron chi connectivity index (χ1n) is 6.57. The minimum atomic E-state index is -3.66. The topological polar surface area (TPSA) is 81.4 Å². The molecule has 8 heteroatoms. The summed E-state index contributed by atoms with van der Waals surface area (Å²) < 4.78 is 32.1. The Hall–Kier alpha value is -0.730. The summed E-state index contributed by atoms with van der Waals surface area (Å²) in [5, 5.41) is 0.0895. The highest BCUT2D eigenvalue weighted by molar-refractivity contribution is 7.89. The Morgan fingerprint density at radius 1 is 1.48 bits per heavy atom. The Morgan fingerprint density at radius 2 is 2.19 bits per heavy atom. The highest BCUT2D eigenvalue weighted by Crippen LogP contribution is 2.28. The number of sulfonamides is 1. The average Bonchev–Trinajstić information content (AvgIpc) is 3.21. The summed E-state index contributed by atoms with van der Waals surface area (Å²) in [6.07, 6.45) is 2.41. The molecule has 21 heavy (non-hydrogen) atoms. The van der Waals surface area contributed by atoms with Crippen LogP contribution in [0.15, 0.2) is 23.1 Å². The van der Waals surface area contributed by atoms with Crippen molar-refractivity contribution in [2.75, 3.05) is 19.8 Å². The van der Waals surface area contributed by atoms with Crippen molar-refractivity contribution >= 4 is 38.8 Å². The molecule has 1 fully saturated rings. The predicted molar refractivity (Wildman–Crippen MR) is 86.1 cm³/mol. The molecule has 1 aromatic carbocycles. The summed E-state index contributed by atoms with van der Waals surface area (Å²) >= 11 is 10.8. The molecule has 0 aromatic heterocycles. The molecule has 0 saturated heterocycles. The summed E-state index contributed by atoms with van der Waals surface area (Å²) in [5.74, 6) is 0.656. The number of nitrogens with two attached hydrogens (primary N) is 1. The molecule has 0 spiro atoms. The number of benzene rings is 1. The largest absolute Gasteiger partial charge is 0.389 e. The van der Waals surface area contributed by atoms with Gasteiger partial charge in [0.15, 0.2) is 0 Å². The average molecular weight is 349 g/mol. The van der Waals surface area contributed by atoms with Crippen LogP contribution >= 0.6 is 23.8 Å². The SMILES string of the molecule is NC(=S)c1ccc(S(=O)(=O)NCCOCC2CC2)c(Cl)c1. The van der Waals surface area contributed by atoms with E-state index in [1.807, 2.05) is 0 Å². The molecule has 1 aliphatic rings. The number of halogens is 1. The van der Waals surface area contributed by atoms with Crippen LogP contribution in [0, 0.1) is 5.92 Å². The molecule has 5 nitrogen and oxygen atoms in total. The summed E-state index contributed by atoms with van der Waals surface area (Å²) in [7, 11) is -3.66. The Bertz CT molecular complexity index is 630. The third-order valence-electron chi connectivity index (χ3n) is 3.09. The lowest BCUT2D eigenvalue weighted by molar-refractivity contribution is 0.129. The Kier molecular flexibility index (Phi) is 5.56. The zero-order valence-electron chi connectivity index (χ0n) is 11.3. The molecule has 1 aliphatic carbocycles. The van der Waals surface area contributed by atoms with Gasteiger partial charge in [0.1, 0.15) is 9.88 Å². The number of hydrogen-bond donors (Lipinski definition) is 2. The lowest BCUT2D eigenvalue weighted by Gasteiger charge is -2.09.